The van der Waals surface area contributed by atoms with Crippen LogP contribution in [0.4, 0.5) is 0 Å². The molecule has 3 aliphatic rings. The Morgan fingerprint density at radius 2 is 2.31 bits per heavy atom. The number of hydrogen-bond donors (Lipinski definition) is 1. The number of Topliss-reactive ketones (excluding diaryl/α,β-unsaturated/α-hetero) is 1. The SMILES string of the molecule is COC[C@]1(CO)C(=O)[C@@]2(C)CCN1C[C@@H]2C. The molecular weight excluding hydrogens is 206 g/mol. The maximum atomic E-state index is 12.6. The average Bonchev–Trinajstić information content (AvgIpc) is 2.27. The number of carbonyl (C=O) groups excluding carboxylic acids is 1. The fraction of sp³-hybridized carbons (Fsp3) is 0.917. The molecule has 0 saturated carbocycles. The van der Waals surface area contributed by atoms with Gasteiger partial charge in [-0.05, 0) is 12.3 Å². The van der Waals surface area contributed by atoms with E-state index in [1.54, 1.807) is 7.11 Å². The zero-order valence-electron chi connectivity index (χ0n) is 10.3. The molecule has 3 heterocycles. The monoisotopic (exact) mass is 227 g/mol. The van der Waals surface area contributed by atoms with Gasteiger partial charge in [0.05, 0.1) is 13.2 Å². The fourth-order valence-electron chi connectivity index (χ4n) is 3.25. The molecule has 0 radical (unpaired) electrons. The predicted octanol–water partition coefficient (Wildman–Crippen LogP) is 0.295. The third-order valence-corrected chi connectivity index (χ3v) is 4.67. The van der Waals surface area contributed by atoms with E-state index in [0.717, 1.165) is 19.5 Å². The first-order chi connectivity index (χ1) is 7.51. The van der Waals surface area contributed by atoms with Crippen molar-refractivity contribution in [2.24, 2.45) is 11.3 Å². The van der Waals surface area contributed by atoms with Crippen molar-refractivity contribution in [1.29, 1.82) is 0 Å². The van der Waals surface area contributed by atoms with Crippen molar-refractivity contribution in [1.82, 2.24) is 4.90 Å². The van der Waals surface area contributed by atoms with Crippen molar-refractivity contribution < 1.29 is 14.6 Å². The molecule has 4 heteroatoms. The van der Waals surface area contributed by atoms with Crippen LogP contribution in [-0.2, 0) is 9.53 Å². The minimum absolute atomic E-state index is 0.137. The Kier molecular flexibility index (Phi) is 2.85. The molecule has 4 atom stereocenters. The van der Waals surface area contributed by atoms with E-state index in [9.17, 15) is 9.90 Å². The zero-order valence-corrected chi connectivity index (χ0v) is 10.3. The van der Waals surface area contributed by atoms with Crippen LogP contribution in [0, 0.1) is 11.3 Å². The van der Waals surface area contributed by atoms with Crippen molar-refractivity contribution in [3.8, 4) is 0 Å². The molecule has 0 spiro atoms. The number of fused-ring (bicyclic) bond motifs is 3. The van der Waals surface area contributed by atoms with E-state index in [4.69, 9.17) is 4.74 Å². The molecule has 3 rings (SSSR count). The molecule has 0 aromatic heterocycles. The second-order valence-electron chi connectivity index (χ2n) is 5.47. The van der Waals surface area contributed by atoms with Crippen LogP contribution in [0.5, 0.6) is 0 Å². The molecule has 92 valence electrons. The molecule has 0 aromatic rings. The average molecular weight is 227 g/mol. The highest BCUT2D eigenvalue weighted by molar-refractivity contribution is 5.95. The highest BCUT2D eigenvalue weighted by Gasteiger charge is 2.60. The lowest BCUT2D eigenvalue weighted by molar-refractivity contribution is -0.177. The van der Waals surface area contributed by atoms with Gasteiger partial charge in [-0.1, -0.05) is 13.8 Å². The third kappa shape index (κ3) is 1.30. The summed E-state index contributed by atoms with van der Waals surface area (Å²) in [5.41, 5.74) is -1.07. The first kappa shape index (κ1) is 12.0. The smallest absolute Gasteiger partial charge is 0.164 e. The lowest BCUT2D eigenvalue weighted by Crippen LogP contribution is -2.74. The van der Waals surface area contributed by atoms with Crippen LogP contribution in [0.2, 0.25) is 0 Å². The summed E-state index contributed by atoms with van der Waals surface area (Å²) in [6.07, 6.45) is 0.901. The molecule has 1 N–H and O–H groups in total. The fourth-order valence-corrected chi connectivity index (χ4v) is 3.25. The van der Waals surface area contributed by atoms with Crippen LogP contribution in [0.25, 0.3) is 0 Å². The molecule has 16 heavy (non-hydrogen) atoms. The number of hydrogen-bond acceptors (Lipinski definition) is 4. The summed E-state index contributed by atoms with van der Waals surface area (Å²) in [7, 11) is 1.58. The number of nitrogens with zero attached hydrogens (tertiary/aromatic N) is 1. The standard InChI is InChI=1S/C12H21NO3/c1-9-6-13-5-4-11(9,2)10(15)12(13,7-14)8-16-3/h9,14H,4-8H2,1-3H3/t9-,11-,12+/m0/s1. The van der Waals surface area contributed by atoms with E-state index < -0.39 is 5.54 Å². The maximum Gasteiger partial charge on any atom is 0.164 e. The van der Waals surface area contributed by atoms with Gasteiger partial charge in [0.1, 0.15) is 5.54 Å². The highest BCUT2D eigenvalue weighted by atomic mass is 16.5. The Bertz CT molecular complexity index is 307. The Hall–Kier alpha value is -0.450. The second kappa shape index (κ2) is 3.79. The molecule has 3 saturated heterocycles. The normalized spacial score (nSPS) is 47.4. The molecule has 1 unspecified atom stereocenters. The van der Waals surface area contributed by atoms with E-state index in [1.165, 1.54) is 0 Å². The van der Waals surface area contributed by atoms with Crippen molar-refractivity contribution in [3.05, 3.63) is 0 Å². The van der Waals surface area contributed by atoms with Gasteiger partial charge in [0.15, 0.2) is 5.78 Å². The number of aliphatic hydroxyl groups excluding tert-OH is 1. The zero-order chi connectivity index (χ0) is 12.0. The summed E-state index contributed by atoms with van der Waals surface area (Å²) in [6.45, 7) is 6.09. The number of carbonyl (C=O) groups is 1. The second-order valence-corrected chi connectivity index (χ2v) is 5.47. The van der Waals surface area contributed by atoms with Crippen molar-refractivity contribution in [3.63, 3.8) is 0 Å². The number of piperidine rings is 3. The summed E-state index contributed by atoms with van der Waals surface area (Å²) in [6, 6.07) is 0. The number of ketones is 1. The summed E-state index contributed by atoms with van der Waals surface area (Å²) in [4.78, 5) is 14.7. The number of aliphatic hydroxyl groups is 1. The van der Waals surface area contributed by atoms with Crippen LogP contribution in [-0.4, -0.2) is 54.7 Å². The van der Waals surface area contributed by atoms with E-state index in [-0.39, 0.29) is 17.8 Å². The Labute approximate surface area is 96.6 Å². The summed E-state index contributed by atoms with van der Waals surface area (Å²) < 4.78 is 5.16. The third-order valence-electron chi connectivity index (χ3n) is 4.67. The molecular formula is C12H21NO3. The van der Waals surface area contributed by atoms with Gasteiger partial charge in [0.25, 0.3) is 0 Å². The minimum Gasteiger partial charge on any atom is -0.394 e. The van der Waals surface area contributed by atoms with Gasteiger partial charge in [-0.3, -0.25) is 9.69 Å². The lowest BCUT2D eigenvalue weighted by atomic mass is 9.59. The Balaban J connectivity index is 2.39. The van der Waals surface area contributed by atoms with Gasteiger partial charge in [-0.25, -0.2) is 0 Å². The topological polar surface area (TPSA) is 49.8 Å². The van der Waals surface area contributed by atoms with Crippen molar-refractivity contribution >= 4 is 5.78 Å². The van der Waals surface area contributed by atoms with E-state index in [2.05, 4.69) is 11.8 Å². The molecule has 4 nitrogen and oxygen atoms in total. The van der Waals surface area contributed by atoms with Crippen molar-refractivity contribution in [2.45, 2.75) is 25.8 Å². The number of rotatable bonds is 3. The van der Waals surface area contributed by atoms with E-state index in [0.29, 0.717) is 12.5 Å². The van der Waals surface area contributed by atoms with Gasteiger partial charge in [-0.2, -0.15) is 0 Å². The van der Waals surface area contributed by atoms with Gasteiger partial charge in [0.2, 0.25) is 0 Å². The number of ether oxygens (including phenoxy) is 1. The number of methoxy groups -OCH3 is 1. The molecule has 0 aliphatic carbocycles. The van der Waals surface area contributed by atoms with Crippen LogP contribution >= 0.6 is 0 Å². The van der Waals surface area contributed by atoms with Gasteiger partial charge < -0.3 is 9.84 Å². The molecule has 3 fully saturated rings. The first-order valence-corrected chi connectivity index (χ1v) is 5.91. The molecule has 0 amide bonds. The molecule has 2 bridgehead atoms. The summed E-state index contributed by atoms with van der Waals surface area (Å²) in [5.74, 6) is 0.527. The van der Waals surface area contributed by atoms with Crippen molar-refractivity contribution in [2.75, 3.05) is 33.4 Å². The van der Waals surface area contributed by atoms with Crippen LogP contribution in [0.3, 0.4) is 0 Å². The maximum absolute atomic E-state index is 12.6. The van der Waals surface area contributed by atoms with Gasteiger partial charge in [-0.15, -0.1) is 0 Å². The largest absolute Gasteiger partial charge is 0.394 e. The minimum atomic E-state index is -0.783. The quantitative estimate of drug-likeness (QED) is 0.753. The van der Waals surface area contributed by atoms with E-state index >= 15 is 0 Å². The molecule has 3 aliphatic heterocycles. The predicted molar refractivity (Wildman–Crippen MR) is 60.2 cm³/mol. The Morgan fingerprint density at radius 1 is 1.62 bits per heavy atom. The highest BCUT2D eigenvalue weighted by Crippen LogP contribution is 2.48. The first-order valence-electron chi connectivity index (χ1n) is 5.91. The van der Waals surface area contributed by atoms with Crippen LogP contribution < -0.4 is 0 Å². The summed E-state index contributed by atoms with van der Waals surface area (Å²) >= 11 is 0. The van der Waals surface area contributed by atoms with Gasteiger partial charge in [0, 0.05) is 25.6 Å². The van der Waals surface area contributed by atoms with Crippen LogP contribution in [0.15, 0.2) is 0 Å². The molecule has 0 aromatic carbocycles. The lowest BCUT2D eigenvalue weighted by Gasteiger charge is -2.59. The summed E-state index contributed by atoms with van der Waals surface area (Å²) in [5, 5.41) is 9.62. The Morgan fingerprint density at radius 3 is 2.81 bits per heavy atom. The van der Waals surface area contributed by atoms with E-state index in [1.807, 2.05) is 6.92 Å². The van der Waals surface area contributed by atoms with Gasteiger partial charge >= 0.3 is 0 Å². The van der Waals surface area contributed by atoms with Crippen LogP contribution in [0.1, 0.15) is 20.3 Å².